The van der Waals surface area contributed by atoms with Gasteiger partial charge in [-0.3, -0.25) is 9.52 Å². The van der Waals surface area contributed by atoms with Gasteiger partial charge < -0.3 is 10.1 Å². The number of rotatable bonds is 8. The highest BCUT2D eigenvalue weighted by molar-refractivity contribution is 7.92. The van der Waals surface area contributed by atoms with Crippen LogP contribution in [0.1, 0.15) is 21.5 Å². The van der Waals surface area contributed by atoms with Crippen molar-refractivity contribution in [3.8, 4) is 11.6 Å². The number of carbonyl (C=O) groups is 1. The van der Waals surface area contributed by atoms with Crippen molar-refractivity contribution in [2.75, 3.05) is 11.3 Å². The molecule has 2 aromatic carbocycles. The summed E-state index contributed by atoms with van der Waals surface area (Å²) in [5, 5.41) is 2.68. The fourth-order valence-electron chi connectivity index (χ4n) is 2.81. The van der Waals surface area contributed by atoms with Gasteiger partial charge in [0.05, 0.1) is 4.90 Å². The summed E-state index contributed by atoms with van der Waals surface area (Å²) in [6.45, 7) is 7.48. The molecule has 1 heterocycles. The molecule has 0 radical (unpaired) electrons. The Morgan fingerprint density at radius 2 is 1.87 bits per heavy atom. The number of anilines is 1. The molecule has 0 saturated carbocycles. The molecule has 3 aromatic rings. The van der Waals surface area contributed by atoms with Crippen molar-refractivity contribution in [3.05, 3.63) is 90.1 Å². The van der Waals surface area contributed by atoms with Crippen molar-refractivity contribution in [1.29, 1.82) is 0 Å². The first-order valence-electron chi connectivity index (χ1n) is 9.52. The second-order valence-electron chi connectivity index (χ2n) is 6.86. The van der Waals surface area contributed by atoms with Crippen LogP contribution in [0.4, 0.5) is 5.69 Å². The monoisotopic (exact) mass is 437 g/mol. The minimum absolute atomic E-state index is 0.146. The van der Waals surface area contributed by atoms with E-state index in [1.165, 1.54) is 6.20 Å². The third-order valence-corrected chi connectivity index (χ3v) is 5.90. The van der Waals surface area contributed by atoms with E-state index >= 15 is 0 Å². The molecule has 0 atom stereocenters. The fourth-order valence-corrected chi connectivity index (χ4v) is 4.20. The zero-order chi connectivity index (χ0) is 22.4. The maximum Gasteiger partial charge on any atom is 0.262 e. The van der Waals surface area contributed by atoms with Gasteiger partial charge >= 0.3 is 0 Å². The number of hydrogen-bond acceptors (Lipinski definition) is 5. The third kappa shape index (κ3) is 5.49. The Bertz CT molecular complexity index is 1210. The van der Waals surface area contributed by atoms with Gasteiger partial charge in [-0.2, -0.15) is 0 Å². The molecule has 0 unspecified atom stereocenters. The summed E-state index contributed by atoms with van der Waals surface area (Å²) < 4.78 is 33.8. The van der Waals surface area contributed by atoms with E-state index in [4.69, 9.17) is 4.74 Å². The van der Waals surface area contributed by atoms with Gasteiger partial charge in [-0.05, 0) is 67.4 Å². The standard InChI is InChI=1S/C23H23N3O4S/c1-4-13-24-22(27)20-6-5-14-25-23(20)30-19-11-9-18(10-12-19)26-31(28,29)21-15-16(2)7-8-17(21)3/h4-12,14-15,26H,1,13H2,2-3H3,(H,24,27). The lowest BCUT2D eigenvalue weighted by Gasteiger charge is -2.12. The molecule has 0 bridgehead atoms. The Labute approximate surface area is 181 Å². The second-order valence-corrected chi connectivity index (χ2v) is 8.51. The minimum Gasteiger partial charge on any atom is -0.438 e. The molecule has 1 amide bonds. The molecule has 3 rings (SSSR count). The summed E-state index contributed by atoms with van der Waals surface area (Å²) in [5.74, 6) is 0.222. The molecule has 7 nitrogen and oxygen atoms in total. The zero-order valence-corrected chi connectivity index (χ0v) is 18.1. The maximum atomic E-state index is 12.8. The molecule has 1 aromatic heterocycles. The summed E-state index contributed by atoms with van der Waals surface area (Å²) >= 11 is 0. The van der Waals surface area contributed by atoms with Gasteiger partial charge in [0.15, 0.2) is 0 Å². The molecule has 0 aliphatic carbocycles. The quantitative estimate of drug-likeness (QED) is 0.515. The molecule has 0 saturated heterocycles. The topological polar surface area (TPSA) is 97.4 Å². The highest BCUT2D eigenvalue weighted by Crippen LogP contribution is 2.26. The number of aromatic nitrogens is 1. The largest absolute Gasteiger partial charge is 0.438 e. The van der Waals surface area contributed by atoms with Crippen LogP contribution in [0.5, 0.6) is 11.6 Å². The van der Waals surface area contributed by atoms with E-state index in [1.54, 1.807) is 61.5 Å². The summed E-state index contributed by atoms with van der Waals surface area (Å²) in [4.78, 5) is 16.6. The number of aryl methyl sites for hydroxylation is 2. The number of sulfonamides is 1. The Morgan fingerprint density at radius 1 is 1.13 bits per heavy atom. The Balaban J connectivity index is 1.77. The van der Waals surface area contributed by atoms with Crippen LogP contribution in [0.25, 0.3) is 0 Å². The molecule has 0 aliphatic heterocycles. The highest BCUT2D eigenvalue weighted by Gasteiger charge is 2.18. The van der Waals surface area contributed by atoms with Crippen LogP contribution in [0.3, 0.4) is 0 Å². The normalized spacial score (nSPS) is 10.9. The van der Waals surface area contributed by atoms with Gasteiger partial charge in [-0.25, -0.2) is 13.4 Å². The van der Waals surface area contributed by atoms with Crippen molar-refractivity contribution < 1.29 is 17.9 Å². The predicted octanol–water partition coefficient (Wildman–Crippen LogP) is 4.21. The summed E-state index contributed by atoms with van der Waals surface area (Å²) in [7, 11) is -3.73. The first-order valence-corrected chi connectivity index (χ1v) is 11.0. The van der Waals surface area contributed by atoms with Gasteiger partial charge in [0.2, 0.25) is 5.88 Å². The van der Waals surface area contributed by atoms with E-state index in [-0.39, 0.29) is 22.2 Å². The van der Waals surface area contributed by atoms with Crippen LogP contribution in [-0.4, -0.2) is 25.9 Å². The van der Waals surface area contributed by atoms with E-state index in [2.05, 4.69) is 21.6 Å². The number of carbonyl (C=O) groups excluding carboxylic acids is 1. The minimum atomic E-state index is -3.73. The van der Waals surface area contributed by atoms with Crippen LogP contribution < -0.4 is 14.8 Å². The van der Waals surface area contributed by atoms with E-state index in [1.807, 2.05) is 13.0 Å². The summed E-state index contributed by atoms with van der Waals surface area (Å²) in [5.41, 5.74) is 2.19. The van der Waals surface area contributed by atoms with Crippen LogP contribution in [0.2, 0.25) is 0 Å². The Hall–Kier alpha value is -3.65. The van der Waals surface area contributed by atoms with Crippen LogP contribution >= 0.6 is 0 Å². The number of benzene rings is 2. The molecular formula is C23H23N3O4S. The number of amides is 1. The smallest absolute Gasteiger partial charge is 0.262 e. The number of ether oxygens (including phenoxy) is 1. The predicted molar refractivity (Wildman–Crippen MR) is 120 cm³/mol. The Kier molecular flexibility index (Phi) is 6.71. The van der Waals surface area contributed by atoms with E-state index in [0.29, 0.717) is 23.5 Å². The molecule has 0 spiro atoms. The lowest BCUT2D eigenvalue weighted by atomic mass is 10.2. The molecule has 8 heteroatoms. The molecular weight excluding hydrogens is 414 g/mol. The first kappa shape index (κ1) is 22.0. The van der Waals surface area contributed by atoms with Gasteiger partial charge in [-0.15, -0.1) is 6.58 Å². The highest BCUT2D eigenvalue weighted by atomic mass is 32.2. The molecule has 31 heavy (non-hydrogen) atoms. The van der Waals surface area contributed by atoms with Crippen LogP contribution in [-0.2, 0) is 10.0 Å². The van der Waals surface area contributed by atoms with Crippen molar-refractivity contribution in [1.82, 2.24) is 10.3 Å². The Morgan fingerprint density at radius 3 is 2.58 bits per heavy atom. The first-order chi connectivity index (χ1) is 14.8. The van der Waals surface area contributed by atoms with Crippen LogP contribution in [0, 0.1) is 13.8 Å². The summed E-state index contributed by atoms with van der Waals surface area (Å²) in [6, 6.07) is 14.9. The second kappa shape index (κ2) is 9.44. The molecule has 0 fully saturated rings. The van der Waals surface area contributed by atoms with Gasteiger partial charge in [0.25, 0.3) is 15.9 Å². The lowest BCUT2D eigenvalue weighted by Crippen LogP contribution is -2.23. The molecule has 160 valence electrons. The van der Waals surface area contributed by atoms with E-state index in [9.17, 15) is 13.2 Å². The average Bonchev–Trinajstić information content (AvgIpc) is 2.75. The molecule has 0 aliphatic rings. The van der Waals surface area contributed by atoms with Crippen molar-refractivity contribution in [2.45, 2.75) is 18.7 Å². The SMILES string of the molecule is C=CCNC(=O)c1cccnc1Oc1ccc(NS(=O)(=O)c2cc(C)ccc2C)cc1. The van der Waals surface area contributed by atoms with E-state index < -0.39 is 10.0 Å². The van der Waals surface area contributed by atoms with Crippen molar-refractivity contribution in [3.63, 3.8) is 0 Å². The number of nitrogens with one attached hydrogen (secondary N) is 2. The fraction of sp³-hybridized carbons (Fsp3) is 0.130. The van der Waals surface area contributed by atoms with Gasteiger partial charge in [0, 0.05) is 18.4 Å². The lowest BCUT2D eigenvalue weighted by molar-refractivity contribution is 0.0955. The van der Waals surface area contributed by atoms with Crippen molar-refractivity contribution in [2.24, 2.45) is 0 Å². The van der Waals surface area contributed by atoms with Gasteiger partial charge in [0.1, 0.15) is 11.3 Å². The third-order valence-electron chi connectivity index (χ3n) is 4.38. The average molecular weight is 438 g/mol. The van der Waals surface area contributed by atoms with Crippen molar-refractivity contribution >= 4 is 21.6 Å². The number of pyridine rings is 1. The summed E-state index contributed by atoms with van der Waals surface area (Å²) in [6.07, 6.45) is 3.10. The van der Waals surface area contributed by atoms with Gasteiger partial charge in [-0.1, -0.05) is 18.2 Å². The van der Waals surface area contributed by atoms with E-state index in [0.717, 1.165) is 5.56 Å². The molecule has 2 N–H and O–H groups in total. The zero-order valence-electron chi connectivity index (χ0n) is 17.3. The maximum absolute atomic E-state index is 12.8. The number of hydrogen-bond donors (Lipinski definition) is 2. The number of nitrogens with zero attached hydrogens (tertiary/aromatic N) is 1. The van der Waals surface area contributed by atoms with Crippen LogP contribution in [0.15, 0.2) is 78.3 Å².